The van der Waals surface area contributed by atoms with Gasteiger partial charge >= 0.3 is 0 Å². The Kier molecular flexibility index (Phi) is 9.01. The minimum absolute atomic E-state index is 0. The zero-order valence-electron chi connectivity index (χ0n) is 16.6. The molecule has 1 aromatic carbocycles. The zero-order valence-corrected chi connectivity index (χ0v) is 19.7. The lowest BCUT2D eigenvalue weighted by Gasteiger charge is -2.37. The maximum atomic E-state index is 5.55. The molecule has 1 unspecified atom stereocenters. The van der Waals surface area contributed by atoms with Crippen molar-refractivity contribution < 1.29 is 9.47 Å². The van der Waals surface area contributed by atoms with Gasteiger partial charge < -0.3 is 19.7 Å². The van der Waals surface area contributed by atoms with Gasteiger partial charge in [0, 0.05) is 50.6 Å². The summed E-state index contributed by atoms with van der Waals surface area (Å²) in [5, 5.41) is 3.64. The van der Waals surface area contributed by atoms with Gasteiger partial charge in [0.15, 0.2) is 5.96 Å². The molecule has 2 aliphatic rings. The van der Waals surface area contributed by atoms with Crippen molar-refractivity contribution in [1.82, 2.24) is 10.2 Å². The molecule has 0 aromatic heterocycles. The molecular weight excluding hydrogens is 473 g/mol. The van der Waals surface area contributed by atoms with Crippen LogP contribution in [-0.4, -0.2) is 68.9 Å². The zero-order chi connectivity index (χ0) is 18.4. The molecular formula is C20H32IN3O2S. The molecule has 2 aliphatic heterocycles. The number of hydrogen-bond acceptors (Lipinski definition) is 4. The van der Waals surface area contributed by atoms with E-state index in [1.165, 1.54) is 5.56 Å². The number of rotatable bonds is 5. The summed E-state index contributed by atoms with van der Waals surface area (Å²) >= 11 is 1.96. The lowest BCUT2D eigenvalue weighted by Crippen LogP contribution is -2.48. The molecule has 2 heterocycles. The fourth-order valence-corrected chi connectivity index (χ4v) is 4.66. The first-order chi connectivity index (χ1) is 12.7. The first-order valence-corrected chi connectivity index (χ1v) is 10.6. The number of halogens is 1. The summed E-state index contributed by atoms with van der Waals surface area (Å²) in [6.45, 7) is 4.75. The molecule has 2 fully saturated rings. The van der Waals surface area contributed by atoms with Crippen molar-refractivity contribution in [3.63, 3.8) is 0 Å². The number of hydrogen-bond donors (Lipinski definition) is 1. The van der Waals surface area contributed by atoms with Crippen molar-refractivity contribution in [3.8, 4) is 5.75 Å². The van der Waals surface area contributed by atoms with Crippen LogP contribution in [0.2, 0.25) is 0 Å². The lowest BCUT2D eigenvalue weighted by molar-refractivity contribution is 0.0781. The molecule has 152 valence electrons. The van der Waals surface area contributed by atoms with Gasteiger partial charge in [-0.05, 0) is 43.2 Å². The Bertz CT molecular complexity index is 606. The van der Waals surface area contributed by atoms with Gasteiger partial charge in [-0.2, -0.15) is 11.8 Å². The van der Waals surface area contributed by atoms with E-state index in [0.717, 1.165) is 63.8 Å². The second-order valence-electron chi connectivity index (χ2n) is 7.11. The minimum Gasteiger partial charge on any atom is -0.497 e. The standard InChI is InChI=1S/C20H31N3O2S.HI/c1-21-19(22-15-20(26-3)9-12-25-13-10-20)23-11-8-17(14-23)16-4-6-18(24-2)7-5-16;/h4-7,17H,8-15H2,1-3H3,(H,21,22);1H. The van der Waals surface area contributed by atoms with E-state index in [1.807, 2.05) is 18.8 Å². The average molecular weight is 505 g/mol. The number of guanidine groups is 1. The number of aliphatic imine (C=N–C) groups is 1. The Morgan fingerprint density at radius 1 is 1.33 bits per heavy atom. The summed E-state index contributed by atoms with van der Waals surface area (Å²) in [4.78, 5) is 6.94. The van der Waals surface area contributed by atoms with Gasteiger partial charge in [0.05, 0.1) is 7.11 Å². The summed E-state index contributed by atoms with van der Waals surface area (Å²) in [5.41, 5.74) is 1.38. The molecule has 0 saturated carbocycles. The van der Waals surface area contributed by atoms with Gasteiger partial charge in [-0.25, -0.2) is 0 Å². The Balaban J connectivity index is 0.00000261. The van der Waals surface area contributed by atoms with Gasteiger partial charge in [0.2, 0.25) is 0 Å². The van der Waals surface area contributed by atoms with E-state index in [-0.39, 0.29) is 28.7 Å². The van der Waals surface area contributed by atoms with E-state index in [9.17, 15) is 0 Å². The van der Waals surface area contributed by atoms with Crippen molar-refractivity contribution in [2.75, 3.05) is 53.3 Å². The normalized spacial score (nSPS) is 22.3. The Labute approximate surface area is 184 Å². The highest BCUT2D eigenvalue weighted by Crippen LogP contribution is 2.33. The third-order valence-electron chi connectivity index (χ3n) is 5.69. The van der Waals surface area contributed by atoms with Gasteiger partial charge in [-0.3, -0.25) is 4.99 Å². The van der Waals surface area contributed by atoms with Crippen LogP contribution in [0, 0.1) is 0 Å². The molecule has 5 nitrogen and oxygen atoms in total. The highest BCUT2D eigenvalue weighted by Gasteiger charge is 2.33. The van der Waals surface area contributed by atoms with Gasteiger partial charge in [0.1, 0.15) is 5.75 Å². The van der Waals surface area contributed by atoms with Crippen LogP contribution in [-0.2, 0) is 4.74 Å². The molecule has 1 N–H and O–H groups in total. The number of methoxy groups -OCH3 is 1. The van der Waals surface area contributed by atoms with Crippen LogP contribution in [0.3, 0.4) is 0 Å². The van der Waals surface area contributed by atoms with E-state index >= 15 is 0 Å². The Morgan fingerprint density at radius 3 is 2.63 bits per heavy atom. The topological polar surface area (TPSA) is 46.1 Å². The third kappa shape index (κ3) is 5.67. The molecule has 1 aromatic rings. The largest absolute Gasteiger partial charge is 0.497 e. The van der Waals surface area contributed by atoms with Crippen LogP contribution in [0.15, 0.2) is 29.3 Å². The van der Waals surface area contributed by atoms with Crippen molar-refractivity contribution in [2.45, 2.75) is 29.9 Å². The maximum absolute atomic E-state index is 5.55. The molecule has 0 amide bonds. The number of benzene rings is 1. The quantitative estimate of drug-likeness (QED) is 0.377. The molecule has 0 spiro atoms. The minimum atomic E-state index is 0. The molecule has 27 heavy (non-hydrogen) atoms. The molecule has 2 saturated heterocycles. The maximum Gasteiger partial charge on any atom is 0.193 e. The monoisotopic (exact) mass is 505 g/mol. The third-order valence-corrected chi connectivity index (χ3v) is 7.11. The summed E-state index contributed by atoms with van der Waals surface area (Å²) < 4.78 is 11.1. The van der Waals surface area contributed by atoms with Crippen LogP contribution < -0.4 is 10.1 Å². The highest BCUT2D eigenvalue weighted by molar-refractivity contribution is 14.0. The highest BCUT2D eigenvalue weighted by atomic mass is 127. The van der Waals surface area contributed by atoms with Crippen molar-refractivity contribution in [1.29, 1.82) is 0 Å². The molecule has 1 atom stereocenters. The molecule has 0 bridgehead atoms. The van der Waals surface area contributed by atoms with Crippen molar-refractivity contribution >= 4 is 41.7 Å². The fraction of sp³-hybridized carbons (Fsp3) is 0.650. The number of likely N-dealkylation sites (tertiary alicyclic amines) is 1. The molecule has 3 rings (SSSR count). The van der Waals surface area contributed by atoms with Crippen LogP contribution in [0.4, 0.5) is 0 Å². The summed E-state index contributed by atoms with van der Waals surface area (Å²) in [5.74, 6) is 2.50. The summed E-state index contributed by atoms with van der Waals surface area (Å²) in [7, 11) is 3.60. The summed E-state index contributed by atoms with van der Waals surface area (Å²) in [6.07, 6.45) is 5.58. The molecule has 0 radical (unpaired) electrons. The predicted octanol–water partition coefficient (Wildman–Crippen LogP) is 3.59. The fourth-order valence-electron chi connectivity index (χ4n) is 3.87. The smallest absolute Gasteiger partial charge is 0.193 e. The first kappa shape index (κ1) is 22.6. The Hall–Kier alpha value is -0.670. The second-order valence-corrected chi connectivity index (χ2v) is 8.38. The first-order valence-electron chi connectivity index (χ1n) is 9.42. The summed E-state index contributed by atoms with van der Waals surface area (Å²) in [6, 6.07) is 8.48. The number of nitrogens with one attached hydrogen (secondary N) is 1. The van der Waals surface area contributed by atoms with E-state index < -0.39 is 0 Å². The van der Waals surface area contributed by atoms with Crippen LogP contribution in [0.1, 0.15) is 30.7 Å². The number of nitrogens with zero attached hydrogens (tertiary/aromatic N) is 2. The van der Waals surface area contributed by atoms with Crippen molar-refractivity contribution in [3.05, 3.63) is 29.8 Å². The molecule has 0 aliphatic carbocycles. The van der Waals surface area contributed by atoms with E-state index in [4.69, 9.17) is 9.47 Å². The number of ether oxygens (including phenoxy) is 2. The second kappa shape index (κ2) is 10.8. The lowest BCUT2D eigenvalue weighted by atomic mass is 9.98. The van der Waals surface area contributed by atoms with Crippen LogP contribution in [0.25, 0.3) is 0 Å². The predicted molar refractivity (Wildman–Crippen MR) is 125 cm³/mol. The Morgan fingerprint density at radius 2 is 2.04 bits per heavy atom. The molecule has 7 heteroatoms. The van der Waals surface area contributed by atoms with Crippen LogP contribution >= 0.6 is 35.7 Å². The average Bonchev–Trinajstić information content (AvgIpc) is 3.19. The van der Waals surface area contributed by atoms with E-state index in [0.29, 0.717) is 5.92 Å². The SMILES string of the molecule is CN=C(NCC1(SC)CCOCC1)N1CCC(c2ccc(OC)cc2)C1.I. The van der Waals surface area contributed by atoms with Crippen LogP contribution in [0.5, 0.6) is 5.75 Å². The van der Waals surface area contributed by atoms with E-state index in [2.05, 4.69) is 45.7 Å². The van der Waals surface area contributed by atoms with Gasteiger partial charge in [-0.1, -0.05) is 12.1 Å². The van der Waals surface area contributed by atoms with E-state index in [1.54, 1.807) is 7.11 Å². The van der Waals surface area contributed by atoms with Crippen molar-refractivity contribution in [2.24, 2.45) is 4.99 Å². The van der Waals surface area contributed by atoms with Gasteiger partial charge in [-0.15, -0.1) is 24.0 Å². The number of thioether (sulfide) groups is 1. The van der Waals surface area contributed by atoms with Gasteiger partial charge in [0.25, 0.3) is 0 Å².